The average Bonchev–Trinajstić information content (AvgIpc) is 2.82. The van der Waals surface area contributed by atoms with Gasteiger partial charge in [-0.3, -0.25) is 0 Å². The number of aromatic amines is 1. The van der Waals surface area contributed by atoms with Crippen LogP contribution >= 0.6 is 0 Å². The molecule has 0 radical (unpaired) electrons. The third-order valence-electron chi connectivity index (χ3n) is 4.56. The van der Waals surface area contributed by atoms with Gasteiger partial charge in [-0.2, -0.15) is 0 Å². The summed E-state index contributed by atoms with van der Waals surface area (Å²) in [5.41, 5.74) is 0.429. The van der Waals surface area contributed by atoms with E-state index >= 15 is 0 Å². The second-order valence-corrected chi connectivity index (χ2v) is 12.4. The normalized spacial score (nSPS) is 20.9. The smallest absolute Gasteiger partial charge is 0.246 e. The fourth-order valence-electron chi connectivity index (χ4n) is 3.06. The molecule has 1 aliphatic rings. The van der Waals surface area contributed by atoms with Gasteiger partial charge < -0.3 is 0 Å². The lowest BCUT2D eigenvalue weighted by Crippen LogP contribution is -2.33. The van der Waals surface area contributed by atoms with Gasteiger partial charge in [0.2, 0.25) is 0 Å². The van der Waals surface area contributed by atoms with Crippen molar-refractivity contribution in [1.29, 1.82) is 0 Å². The van der Waals surface area contributed by atoms with Crippen LogP contribution in [0.5, 0.6) is 0 Å². The fourth-order valence-corrected chi connectivity index (χ4v) is 4.33. The molecule has 5 nitrogen and oxygen atoms in total. The van der Waals surface area contributed by atoms with Gasteiger partial charge >= 0.3 is 11.4 Å². The molecular formula is C18H23N3O2Si. The number of allylic oxidation sites excluding steroid dienone is 4. The van der Waals surface area contributed by atoms with E-state index in [1.807, 2.05) is 18.2 Å². The van der Waals surface area contributed by atoms with Gasteiger partial charge in [0.1, 0.15) is 0 Å². The second kappa shape index (κ2) is 5.94. The fraction of sp³-hybridized carbons (Fsp3) is 0.333. The topological polar surface area (TPSA) is 59.8 Å². The van der Waals surface area contributed by atoms with Crippen LogP contribution in [0.15, 0.2) is 63.3 Å². The highest BCUT2D eigenvalue weighted by Crippen LogP contribution is 2.36. The molecular weight excluding hydrogens is 318 g/mol. The first-order valence-corrected chi connectivity index (χ1v) is 11.6. The van der Waals surface area contributed by atoms with Crippen LogP contribution in [-0.4, -0.2) is 22.4 Å². The van der Waals surface area contributed by atoms with Crippen molar-refractivity contribution in [3.63, 3.8) is 0 Å². The quantitative estimate of drug-likeness (QED) is 0.872. The van der Waals surface area contributed by atoms with Gasteiger partial charge in [-0.25, -0.2) is 23.9 Å². The van der Waals surface area contributed by atoms with E-state index in [9.17, 15) is 9.59 Å². The first-order chi connectivity index (χ1) is 11.3. The second-order valence-electron chi connectivity index (χ2n) is 7.29. The summed E-state index contributed by atoms with van der Waals surface area (Å²) < 4.78 is 2.58. The molecule has 24 heavy (non-hydrogen) atoms. The zero-order chi connectivity index (χ0) is 17.5. The summed E-state index contributed by atoms with van der Waals surface area (Å²) in [6.45, 7) is 6.83. The number of benzene rings is 1. The molecule has 1 heterocycles. The molecule has 3 rings (SSSR count). The molecule has 126 valence electrons. The molecule has 2 aromatic rings. The van der Waals surface area contributed by atoms with Gasteiger partial charge in [0, 0.05) is 13.0 Å². The number of nitrogens with one attached hydrogen (secondary N) is 1. The molecule has 1 aromatic heterocycles. The van der Waals surface area contributed by atoms with Crippen molar-refractivity contribution < 1.29 is 0 Å². The van der Waals surface area contributed by atoms with E-state index in [4.69, 9.17) is 0 Å². The number of hydrogen-bond donors (Lipinski definition) is 1. The monoisotopic (exact) mass is 341 g/mol. The van der Waals surface area contributed by atoms with Crippen LogP contribution < -0.4 is 11.4 Å². The molecule has 0 fully saturated rings. The van der Waals surface area contributed by atoms with Crippen LogP contribution in [0.1, 0.15) is 17.5 Å². The highest BCUT2D eigenvalue weighted by atomic mass is 28.3. The molecule has 0 aliphatic heterocycles. The van der Waals surface area contributed by atoms with E-state index in [-0.39, 0.29) is 23.3 Å². The van der Waals surface area contributed by atoms with Crippen molar-refractivity contribution in [3.05, 3.63) is 80.3 Å². The van der Waals surface area contributed by atoms with Crippen LogP contribution in [0.4, 0.5) is 0 Å². The summed E-state index contributed by atoms with van der Waals surface area (Å²) in [6, 6.07) is 9.86. The minimum Gasteiger partial charge on any atom is -0.246 e. The minimum absolute atomic E-state index is 0.0158. The Hall–Kier alpha value is -2.34. The molecule has 0 spiro atoms. The van der Waals surface area contributed by atoms with E-state index in [2.05, 4.69) is 55.1 Å². The number of hydrogen-bond acceptors (Lipinski definition) is 2. The molecule has 0 saturated heterocycles. The third-order valence-corrected chi connectivity index (χ3v) is 6.63. The van der Waals surface area contributed by atoms with Crippen molar-refractivity contribution in [2.45, 2.75) is 31.6 Å². The first kappa shape index (κ1) is 16.5. The molecule has 0 saturated carbocycles. The van der Waals surface area contributed by atoms with E-state index in [1.165, 1.54) is 16.9 Å². The van der Waals surface area contributed by atoms with Crippen molar-refractivity contribution in [2.24, 2.45) is 7.05 Å². The van der Waals surface area contributed by atoms with Crippen molar-refractivity contribution in [3.8, 4) is 0 Å². The van der Waals surface area contributed by atoms with Gasteiger partial charge in [0.15, 0.2) is 0 Å². The number of rotatable bonds is 3. The molecule has 1 aliphatic carbocycles. The van der Waals surface area contributed by atoms with Gasteiger partial charge in [0.25, 0.3) is 0 Å². The summed E-state index contributed by atoms with van der Waals surface area (Å²) in [4.78, 5) is 24.4. The Labute approximate surface area is 141 Å². The maximum absolute atomic E-state index is 12.5. The predicted octanol–water partition coefficient (Wildman–Crippen LogP) is 2.57. The van der Waals surface area contributed by atoms with Crippen LogP contribution in [-0.2, 0) is 7.05 Å². The third kappa shape index (κ3) is 2.89. The zero-order valence-electron chi connectivity index (χ0n) is 14.5. The minimum atomic E-state index is -1.53. The summed E-state index contributed by atoms with van der Waals surface area (Å²) in [5.74, 6) is 0.0158. The molecule has 1 N–H and O–H groups in total. The lowest BCUT2D eigenvalue weighted by atomic mass is 9.88. The highest BCUT2D eigenvalue weighted by Gasteiger charge is 2.30. The average molecular weight is 341 g/mol. The Morgan fingerprint density at radius 3 is 2.29 bits per heavy atom. The van der Waals surface area contributed by atoms with Crippen LogP contribution in [0.2, 0.25) is 19.6 Å². The van der Waals surface area contributed by atoms with E-state index < -0.39 is 8.07 Å². The number of nitrogens with zero attached hydrogens (tertiary/aromatic N) is 2. The van der Waals surface area contributed by atoms with Gasteiger partial charge in [-0.1, -0.05) is 73.4 Å². The lowest BCUT2D eigenvalue weighted by molar-refractivity contribution is 0.471. The number of aromatic nitrogens is 3. The maximum Gasteiger partial charge on any atom is 0.347 e. The number of H-pyrrole nitrogens is 1. The Bertz CT molecular complexity index is 910. The molecule has 0 unspecified atom stereocenters. The van der Waals surface area contributed by atoms with Crippen LogP contribution in [0, 0.1) is 0 Å². The van der Waals surface area contributed by atoms with E-state index in [1.54, 1.807) is 0 Å². The summed E-state index contributed by atoms with van der Waals surface area (Å²) in [6.07, 6.45) is 6.50. The largest absolute Gasteiger partial charge is 0.347 e. The first-order valence-electron chi connectivity index (χ1n) is 8.12. The SMILES string of the molecule is Cn1c(=O)[nH]n([C@H]2C=C([Si](C)(C)C)C=C[C@@H]2c2ccccc2)c1=O. The molecule has 2 atom stereocenters. The standard InChI is InChI=1S/C18H23N3O2Si/c1-20-17(22)19-21(18(20)23)16-12-14(24(2,3)4)10-11-15(16)13-8-6-5-7-9-13/h5-12,15-16H,1-4H3,(H,19,22)/t15-,16+/m1/s1. The lowest BCUT2D eigenvalue weighted by Gasteiger charge is -2.30. The van der Waals surface area contributed by atoms with Gasteiger partial charge in [-0.05, 0) is 5.56 Å². The summed E-state index contributed by atoms with van der Waals surface area (Å²) in [5, 5.41) is 3.99. The Morgan fingerprint density at radius 2 is 1.75 bits per heavy atom. The molecule has 0 bridgehead atoms. The van der Waals surface area contributed by atoms with Crippen LogP contribution in [0.3, 0.4) is 0 Å². The van der Waals surface area contributed by atoms with Crippen molar-refractivity contribution >= 4 is 8.07 Å². The Balaban J connectivity index is 2.16. The molecule has 6 heteroatoms. The van der Waals surface area contributed by atoms with Crippen LogP contribution in [0.25, 0.3) is 0 Å². The van der Waals surface area contributed by atoms with Crippen molar-refractivity contribution in [2.75, 3.05) is 0 Å². The predicted molar refractivity (Wildman–Crippen MR) is 99.1 cm³/mol. The zero-order valence-corrected chi connectivity index (χ0v) is 15.5. The van der Waals surface area contributed by atoms with E-state index in [0.29, 0.717) is 0 Å². The summed E-state index contributed by atoms with van der Waals surface area (Å²) >= 11 is 0. The Morgan fingerprint density at radius 1 is 1.08 bits per heavy atom. The maximum atomic E-state index is 12.5. The van der Waals surface area contributed by atoms with Gasteiger partial charge in [0.05, 0.1) is 14.1 Å². The molecule has 0 amide bonds. The van der Waals surface area contributed by atoms with Gasteiger partial charge in [-0.15, -0.1) is 0 Å². The highest BCUT2D eigenvalue weighted by molar-refractivity contribution is 6.83. The molecule has 1 aromatic carbocycles. The Kier molecular flexibility index (Phi) is 4.09. The summed E-state index contributed by atoms with van der Waals surface area (Å²) in [7, 11) is -0.0287. The van der Waals surface area contributed by atoms with E-state index in [0.717, 1.165) is 10.1 Å². The van der Waals surface area contributed by atoms with Crippen molar-refractivity contribution in [1.82, 2.24) is 14.3 Å².